The lowest BCUT2D eigenvalue weighted by Crippen LogP contribution is -2.16. The zero-order valence-corrected chi connectivity index (χ0v) is 12.9. The Bertz CT molecular complexity index is 801. The molecule has 0 N–H and O–H groups in total. The number of benzene rings is 1. The molecule has 0 aliphatic carbocycles. The summed E-state index contributed by atoms with van der Waals surface area (Å²) in [6, 6.07) is 7.21. The van der Waals surface area contributed by atoms with Crippen molar-refractivity contribution >= 4 is 42.5 Å². The van der Waals surface area contributed by atoms with Gasteiger partial charge in [-0.15, -0.1) is 0 Å². The fraction of sp³-hybridized carbons (Fsp3) is 0.286. The second kappa shape index (κ2) is 4.93. The summed E-state index contributed by atoms with van der Waals surface area (Å²) in [4.78, 5) is 16.8. The molecule has 1 unspecified atom stereocenters. The van der Waals surface area contributed by atoms with Gasteiger partial charge < -0.3 is 0 Å². The van der Waals surface area contributed by atoms with Crippen LogP contribution < -0.4 is 0 Å². The van der Waals surface area contributed by atoms with Gasteiger partial charge in [-0.25, -0.2) is 8.42 Å². The first kappa shape index (κ1) is 13.7. The van der Waals surface area contributed by atoms with E-state index in [4.69, 9.17) is 0 Å². The van der Waals surface area contributed by atoms with Gasteiger partial charge in [0.15, 0.2) is 15.6 Å². The number of fused-ring (bicyclic) bond motifs is 1. The number of pyridine rings is 1. The molecule has 20 heavy (non-hydrogen) atoms. The molecule has 0 spiro atoms. The van der Waals surface area contributed by atoms with Gasteiger partial charge in [0.1, 0.15) is 0 Å². The van der Waals surface area contributed by atoms with Gasteiger partial charge in [0.2, 0.25) is 0 Å². The van der Waals surface area contributed by atoms with Crippen molar-refractivity contribution in [3.63, 3.8) is 0 Å². The first-order valence-corrected chi connectivity index (χ1v) is 8.87. The number of nitrogens with zero attached hydrogens (tertiary/aromatic N) is 1. The van der Waals surface area contributed by atoms with E-state index in [1.165, 1.54) is 0 Å². The molecule has 0 saturated carbocycles. The second-order valence-corrected chi connectivity index (χ2v) is 8.04. The summed E-state index contributed by atoms with van der Waals surface area (Å²) in [5, 5.41) is 0.860. The minimum atomic E-state index is -3.06. The van der Waals surface area contributed by atoms with Gasteiger partial charge in [-0.05, 0) is 24.6 Å². The standard InChI is InChI=1S/C14H12BrNO3S/c15-12-4-3-11(13-10(12)2-1-6-16-13)14(17)9-5-7-20(18,19)8-9/h1-4,6,9H,5,7-8H2. The summed E-state index contributed by atoms with van der Waals surface area (Å²) in [7, 11) is -3.06. The third-order valence-electron chi connectivity index (χ3n) is 3.59. The number of hydrogen-bond acceptors (Lipinski definition) is 4. The van der Waals surface area contributed by atoms with Crippen LogP contribution in [0.25, 0.3) is 10.9 Å². The average Bonchev–Trinajstić information content (AvgIpc) is 2.79. The maximum Gasteiger partial charge on any atom is 0.169 e. The van der Waals surface area contributed by atoms with E-state index in [1.54, 1.807) is 24.4 Å². The van der Waals surface area contributed by atoms with E-state index in [1.807, 2.05) is 6.07 Å². The normalized spacial score (nSPS) is 21.1. The summed E-state index contributed by atoms with van der Waals surface area (Å²) < 4.78 is 23.9. The molecule has 3 rings (SSSR count). The van der Waals surface area contributed by atoms with Crippen molar-refractivity contribution < 1.29 is 13.2 Å². The number of aromatic nitrogens is 1. The van der Waals surface area contributed by atoms with Crippen LogP contribution in [-0.2, 0) is 9.84 Å². The molecule has 0 bridgehead atoms. The van der Waals surface area contributed by atoms with Crippen molar-refractivity contribution in [2.45, 2.75) is 6.42 Å². The number of carbonyl (C=O) groups is 1. The van der Waals surface area contributed by atoms with Crippen LogP contribution >= 0.6 is 15.9 Å². The average molecular weight is 354 g/mol. The van der Waals surface area contributed by atoms with Crippen molar-refractivity contribution in [3.05, 3.63) is 40.5 Å². The second-order valence-electron chi connectivity index (χ2n) is 4.96. The summed E-state index contributed by atoms with van der Waals surface area (Å²) in [6.45, 7) is 0. The first-order valence-electron chi connectivity index (χ1n) is 6.26. The van der Waals surface area contributed by atoms with Crippen LogP contribution in [0, 0.1) is 5.92 Å². The van der Waals surface area contributed by atoms with Gasteiger partial charge in [-0.1, -0.05) is 22.0 Å². The monoisotopic (exact) mass is 353 g/mol. The molecule has 1 saturated heterocycles. The highest BCUT2D eigenvalue weighted by Crippen LogP contribution is 2.29. The van der Waals surface area contributed by atoms with Gasteiger partial charge >= 0.3 is 0 Å². The maximum absolute atomic E-state index is 12.5. The first-order chi connectivity index (χ1) is 9.48. The van der Waals surface area contributed by atoms with Crippen LogP contribution in [0.2, 0.25) is 0 Å². The Hall–Kier alpha value is -1.27. The fourth-order valence-electron chi connectivity index (χ4n) is 2.56. The van der Waals surface area contributed by atoms with Gasteiger partial charge in [-0.3, -0.25) is 9.78 Å². The number of ketones is 1. The third-order valence-corrected chi connectivity index (χ3v) is 6.04. The van der Waals surface area contributed by atoms with Crippen molar-refractivity contribution in [1.82, 2.24) is 4.98 Å². The molecular weight excluding hydrogens is 342 g/mol. The number of sulfone groups is 1. The van der Waals surface area contributed by atoms with Crippen LogP contribution in [-0.4, -0.2) is 30.7 Å². The number of Topliss-reactive ketones (excluding diaryl/α,β-unsaturated/α-hetero) is 1. The van der Waals surface area contributed by atoms with E-state index in [9.17, 15) is 13.2 Å². The minimum absolute atomic E-state index is 0.0454. The summed E-state index contributed by atoms with van der Waals surface area (Å²) in [6.07, 6.45) is 2.04. The number of carbonyl (C=O) groups excluding carboxylic acids is 1. The topological polar surface area (TPSA) is 64.1 Å². The van der Waals surface area contributed by atoms with Crippen molar-refractivity contribution in [3.8, 4) is 0 Å². The van der Waals surface area contributed by atoms with Crippen LogP contribution in [0.15, 0.2) is 34.9 Å². The maximum atomic E-state index is 12.5. The summed E-state index contributed by atoms with van der Waals surface area (Å²) in [5.41, 5.74) is 1.13. The van der Waals surface area contributed by atoms with E-state index < -0.39 is 15.8 Å². The van der Waals surface area contributed by atoms with Gasteiger partial charge in [0.05, 0.1) is 17.0 Å². The zero-order chi connectivity index (χ0) is 14.3. The predicted octanol–water partition coefficient (Wildman–Crippen LogP) is 2.61. The molecule has 6 heteroatoms. The van der Waals surface area contributed by atoms with Gasteiger partial charge in [0.25, 0.3) is 0 Å². The highest BCUT2D eigenvalue weighted by Gasteiger charge is 2.34. The lowest BCUT2D eigenvalue weighted by molar-refractivity contribution is 0.0935. The Morgan fingerprint density at radius 1 is 1.30 bits per heavy atom. The van der Waals surface area contributed by atoms with E-state index in [2.05, 4.69) is 20.9 Å². The van der Waals surface area contributed by atoms with E-state index in [0.717, 1.165) is 9.86 Å². The van der Waals surface area contributed by atoms with Crippen LogP contribution in [0.5, 0.6) is 0 Å². The molecule has 1 aliphatic rings. The molecule has 1 fully saturated rings. The Labute approximate surface area is 125 Å². The molecule has 1 atom stereocenters. The van der Waals surface area contributed by atoms with Crippen LogP contribution in [0.4, 0.5) is 0 Å². The number of rotatable bonds is 2. The fourth-order valence-corrected chi connectivity index (χ4v) is 4.75. The smallest absolute Gasteiger partial charge is 0.169 e. The van der Waals surface area contributed by atoms with Crippen molar-refractivity contribution in [2.75, 3.05) is 11.5 Å². The largest absolute Gasteiger partial charge is 0.294 e. The Kier molecular flexibility index (Phi) is 3.38. The highest BCUT2D eigenvalue weighted by atomic mass is 79.9. The van der Waals surface area contributed by atoms with Crippen LogP contribution in [0.1, 0.15) is 16.8 Å². The molecule has 1 aliphatic heterocycles. The number of hydrogen-bond donors (Lipinski definition) is 0. The van der Waals surface area contributed by atoms with Crippen LogP contribution in [0.3, 0.4) is 0 Å². The molecule has 104 valence electrons. The zero-order valence-electron chi connectivity index (χ0n) is 10.5. The third kappa shape index (κ3) is 2.38. The Morgan fingerprint density at radius 3 is 2.80 bits per heavy atom. The lowest BCUT2D eigenvalue weighted by atomic mass is 9.95. The van der Waals surface area contributed by atoms with E-state index in [-0.39, 0.29) is 17.3 Å². The molecule has 0 amide bonds. The molecule has 2 aromatic rings. The molecule has 1 aromatic carbocycles. The highest BCUT2D eigenvalue weighted by molar-refractivity contribution is 9.10. The van der Waals surface area contributed by atoms with Gasteiger partial charge in [-0.2, -0.15) is 0 Å². The summed E-state index contributed by atoms with van der Waals surface area (Å²) >= 11 is 3.43. The Morgan fingerprint density at radius 2 is 2.10 bits per heavy atom. The lowest BCUT2D eigenvalue weighted by Gasteiger charge is -2.10. The Balaban J connectivity index is 2.07. The summed E-state index contributed by atoms with van der Waals surface area (Å²) in [5.74, 6) is -0.504. The molecular formula is C14H12BrNO3S. The van der Waals surface area contributed by atoms with E-state index in [0.29, 0.717) is 17.5 Å². The predicted molar refractivity (Wildman–Crippen MR) is 80.5 cm³/mol. The van der Waals surface area contributed by atoms with E-state index >= 15 is 0 Å². The molecule has 0 radical (unpaired) electrons. The molecule has 1 aromatic heterocycles. The number of halogens is 1. The molecule has 4 nitrogen and oxygen atoms in total. The minimum Gasteiger partial charge on any atom is -0.294 e. The molecule has 2 heterocycles. The van der Waals surface area contributed by atoms with Crippen molar-refractivity contribution in [2.24, 2.45) is 5.92 Å². The quantitative estimate of drug-likeness (QED) is 0.778. The SMILES string of the molecule is O=C(c1ccc(Br)c2cccnc12)C1CCS(=O)(=O)C1. The van der Waals surface area contributed by atoms with Crippen molar-refractivity contribution in [1.29, 1.82) is 0 Å². The van der Waals surface area contributed by atoms with Gasteiger partial charge in [0, 0.05) is 27.5 Å².